The van der Waals surface area contributed by atoms with E-state index < -0.39 is 6.04 Å². The molecule has 1 atom stereocenters. The van der Waals surface area contributed by atoms with Crippen LogP contribution in [0.1, 0.15) is 36.6 Å². The molecule has 0 bridgehead atoms. The Balaban J connectivity index is 1.96. The second-order valence-electron chi connectivity index (χ2n) is 6.98. The van der Waals surface area contributed by atoms with Crippen LogP contribution in [0.15, 0.2) is 47.7 Å². The third-order valence-corrected chi connectivity index (χ3v) is 5.12. The van der Waals surface area contributed by atoms with Crippen molar-refractivity contribution in [2.45, 2.75) is 33.7 Å². The zero-order valence-corrected chi connectivity index (χ0v) is 17.7. The Kier molecular flexibility index (Phi) is 6.08. The maximum atomic E-state index is 13.2. The number of thiocarbonyl (C=S) groups is 1. The van der Waals surface area contributed by atoms with Gasteiger partial charge in [0.15, 0.2) is 16.6 Å². The first-order chi connectivity index (χ1) is 13.8. The second-order valence-corrected chi connectivity index (χ2v) is 7.39. The summed E-state index contributed by atoms with van der Waals surface area (Å²) >= 11 is 5.30. The van der Waals surface area contributed by atoms with Crippen LogP contribution in [0.25, 0.3) is 0 Å². The van der Waals surface area contributed by atoms with Gasteiger partial charge in [0.1, 0.15) is 0 Å². The Morgan fingerprint density at radius 3 is 2.62 bits per heavy atom. The first kappa shape index (κ1) is 20.7. The number of amides is 1. The van der Waals surface area contributed by atoms with Crippen molar-refractivity contribution in [1.29, 1.82) is 0 Å². The Hall–Kier alpha value is -3.06. The van der Waals surface area contributed by atoms with Crippen molar-refractivity contribution in [3.05, 3.63) is 64.4 Å². The van der Waals surface area contributed by atoms with E-state index in [0.29, 0.717) is 28.7 Å². The summed E-state index contributed by atoms with van der Waals surface area (Å²) in [5.74, 6) is 0.182. The van der Waals surface area contributed by atoms with Crippen LogP contribution in [0.2, 0.25) is 0 Å². The molecule has 0 unspecified atom stereocenters. The lowest BCUT2D eigenvalue weighted by molar-refractivity contribution is -0.113. The lowest BCUT2D eigenvalue weighted by Crippen LogP contribution is -2.45. The Morgan fingerprint density at radius 1 is 1.17 bits per heavy atom. The maximum Gasteiger partial charge on any atom is 0.255 e. The van der Waals surface area contributed by atoms with E-state index in [2.05, 4.69) is 16.0 Å². The fourth-order valence-corrected chi connectivity index (χ4v) is 3.51. The summed E-state index contributed by atoms with van der Waals surface area (Å²) in [7, 11) is 0. The molecule has 152 valence electrons. The molecule has 0 spiro atoms. The van der Waals surface area contributed by atoms with Crippen molar-refractivity contribution in [3.8, 4) is 11.5 Å². The second kappa shape index (κ2) is 8.53. The maximum absolute atomic E-state index is 13.2. The van der Waals surface area contributed by atoms with Gasteiger partial charge in [0, 0.05) is 11.4 Å². The van der Waals surface area contributed by atoms with Gasteiger partial charge in [0.2, 0.25) is 0 Å². The van der Waals surface area contributed by atoms with Crippen LogP contribution < -0.4 is 20.7 Å². The molecule has 1 heterocycles. The number of hydrogen-bond acceptors (Lipinski definition) is 4. The molecular formula is C22H25N3O3S. The van der Waals surface area contributed by atoms with Crippen LogP contribution >= 0.6 is 12.2 Å². The average molecular weight is 412 g/mol. The summed E-state index contributed by atoms with van der Waals surface area (Å²) in [6.07, 6.45) is 0. The van der Waals surface area contributed by atoms with E-state index in [0.717, 1.165) is 22.4 Å². The summed E-state index contributed by atoms with van der Waals surface area (Å²) in [4.78, 5) is 13.2. The smallest absolute Gasteiger partial charge is 0.255 e. The van der Waals surface area contributed by atoms with Gasteiger partial charge < -0.3 is 25.8 Å². The molecule has 0 aromatic heterocycles. The molecule has 4 N–H and O–H groups in total. The number of rotatable bonds is 5. The van der Waals surface area contributed by atoms with Gasteiger partial charge in [-0.25, -0.2) is 0 Å². The zero-order valence-electron chi connectivity index (χ0n) is 16.9. The number of ether oxygens (including phenoxy) is 1. The molecule has 3 rings (SSSR count). The monoisotopic (exact) mass is 411 g/mol. The molecule has 0 saturated carbocycles. The number of phenolic OH excluding ortho intramolecular Hbond substituents is 1. The summed E-state index contributed by atoms with van der Waals surface area (Å²) in [6.45, 7) is 8.12. The molecule has 0 fully saturated rings. The third kappa shape index (κ3) is 4.51. The number of carbonyl (C=O) groups is 1. The van der Waals surface area contributed by atoms with Gasteiger partial charge in [-0.2, -0.15) is 0 Å². The highest BCUT2D eigenvalue weighted by molar-refractivity contribution is 7.80. The van der Waals surface area contributed by atoms with Crippen molar-refractivity contribution in [1.82, 2.24) is 10.6 Å². The van der Waals surface area contributed by atoms with Crippen LogP contribution in [0, 0.1) is 13.8 Å². The minimum absolute atomic E-state index is 0.0499. The van der Waals surface area contributed by atoms with E-state index in [1.165, 1.54) is 0 Å². The SMILES string of the molecule is CCOc1cc([C@H]2NC(=S)NC(C)=C2C(=O)Nc2ccc(C)c(C)c2)ccc1O. The summed E-state index contributed by atoms with van der Waals surface area (Å²) in [5.41, 5.74) is 4.95. The van der Waals surface area contributed by atoms with Crippen LogP contribution in [0.5, 0.6) is 11.5 Å². The van der Waals surface area contributed by atoms with Crippen LogP contribution in [0.3, 0.4) is 0 Å². The normalized spacial score (nSPS) is 16.1. The Labute approximate surface area is 176 Å². The largest absolute Gasteiger partial charge is 0.504 e. The first-order valence-corrected chi connectivity index (χ1v) is 9.83. The van der Waals surface area contributed by atoms with Crippen molar-refractivity contribution >= 4 is 28.9 Å². The predicted octanol–water partition coefficient (Wildman–Crippen LogP) is 3.84. The van der Waals surface area contributed by atoms with Gasteiger partial charge in [-0.15, -0.1) is 0 Å². The van der Waals surface area contributed by atoms with Crippen molar-refractivity contribution in [2.24, 2.45) is 0 Å². The average Bonchev–Trinajstić information content (AvgIpc) is 2.66. The van der Waals surface area contributed by atoms with E-state index in [-0.39, 0.29) is 11.7 Å². The predicted molar refractivity (Wildman–Crippen MR) is 118 cm³/mol. The van der Waals surface area contributed by atoms with Crippen molar-refractivity contribution < 1.29 is 14.6 Å². The van der Waals surface area contributed by atoms with E-state index in [9.17, 15) is 9.90 Å². The summed E-state index contributed by atoms with van der Waals surface area (Å²) in [6, 6.07) is 10.4. The minimum atomic E-state index is -0.477. The number of hydrogen-bond donors (Lipinski definition) is 4. The van der Waals surface area contributed by atoms with Crippen LogP contribution in [-0.4, -0.2) is 22.7 Å². The molecule has 1 amide bonds. The summed E-state index contributed by atoms with van der Waals surface area (Å²) in [5, 5.41) is 19.6. The number of nitrogens with one attached hydrogen (secondary N) is 3. The van der Waals surface area contributed by atoms with E-state index in [1.54, 1.807) is 18.2 Å². The molecule has 6 nitrogen and oxygen atoms in total. The molecule has 2 aromatic rings. The fraction of sp³-hybridized carbons (Fsp3) is 0.273. The molecule has 0 radical (unpaired) electrons. The van der Waals surface area contributed by atoms with Gasteiger partial charge in [0.25, 0.3) is 5.91 Å². The van der Waals surface area contributed by atoms with Crippen molar-refractivity contribution in [2.75, 3.05) is 11.9 Å². The quantitative estimate of drug-likeness (QED) is 0.560. The molecule has 1 aliphatic rings. The molecule has 0 aliphatic carbocycles. The topological polar surface area (TPSA) is 82.6 Å². The van der Waals surface area contributed by atoms with Gasteiger partial charge in [-0.05, 0) is 80.9 Å². The standard InChI is InChI=1S/C22H25N3O3S/c1-5-28-18-11-15(7-9-17(18)26)20-19(14(4)23-22(29)25-20)21(27)24-16-8-6-12(2)13(3)10-16/h6-11,20,26H,5H2,1-4H3,(H,24,27)(H2,23,25,29)/t20-/m1/s1. The first-order valence-electron chi connectivity index (χ1n) is 9.42. The molecule has 29 heavy (non-hydrogen) atoms. The number of aryl methyl sites for hydroxylation is 2. The Morgan fingerprint density at radius 2 is 1.93 bits per heavy atom. The zero-order chi connectivity index (χ0) is 21.1. The number of anilines is 1. The number of benzene rings is 2. The molecule has 1 aliphatic heterocycles. The minimum Gasteiger partial charge on any atom is -0.504 e. The fourth-order valence-electron chi connectivity index (χ4n) is 3.24. The van der Waals surface area contributed by atoms with Crippen molar-refractivity contribution in [3.63, 3.8) is 0 Å². The van der Waals surface area contributed by atoms with Gasteiger partial charge in [0.05, 0.1) is 18.2 Å². The highest BCUT2D eigenvalue weighted by Crippen LogP contribution is 2.34. The summed E-state index contributed by atoms with van der Waals surface area (Å²) < 4.78 is 5.49. The van der Waals surface area contributed by atoms with Crippen LogP contribution in [0.4, 0.5) is 5.69 Å². The lowest BCUT2D eigenvalue weighted by Gasteiger charge is -2.30. The number of carbonyl (C=O) groups excluding carboxylic acids is 1. The number of allylic oxidation sites excluding steroid dienone is 1. The number of aromatic hydroxyl groups is 1. The number of phenols is 1. The lowest BCUT2D eigenvalue weighted by atomic mass is 9.94. The molecule has 0 saturated heterocycles. The van der Waals surface area contributed by atoms with Gasteiger partial charge in [-0.1, -0.05) is 12.1 Å². The van der Waals surface area contributed by atoms with Gasteiger partial charge in [-0.3, -0.25) is 4.79 Å². The van der Waals surface area contributed by atoms with Gasteiger partial charge >= 0.3 is 0 Å². The van der Waals surface area contributed by atoms with Crippen LogP contribution in [-0.2, 0) is 4.79 Å². The highest BCUT2D eigenvalue weighted by atomic mass is 32.1. The Bertz CT molecular complexity index is 1000. The molecule has 7 heteroatoms. The van der Waals surface area contributed by atoms with E-state index in [1.807, 2.05) is 45.9 Å². The molecule has 2 aromatic carbocycles. The van der Waals surface area contributed by atoms with E-state index >= 15 is 0 Å². The highest BCUT2D eigenvalue weighted by Gasteiger charge is 2.30. The van der Waals surface area contributed by atoms with E-state index in [4.69, 9.17) is 17.0 Å². The molecular weight excluding hydrogens is 386 g/mol. The third-order valence-electron chi connectivity index (χ3n) is 4.90.